The maximum absolute atomic E-state index is 9.21. The Morgan fingerprint density at radius 3 is 2.63 bits per heavy atom. The van der Waals surface area contributed by atoms with Crippen molar-refractivity contribution in [2.45, 2.75) is 12.3 Å². The molecule has 1 aromatic carbocycles. The summed E-state index contributed by atoms with van der Waals surface area (Å²) in [7, 11) is 0. The molecule has 1 heterocycles. The Balaban J connectivity index is 1.77. The zero-order valence-electron chi connectivity index (χ0n) is 10.5. The average Bonchev–Trinajstić information content (AvgIpc) is 2.86. The van der Waals surface area contributed by atoms with E-state index in [1.54, 1.807) is 11.3 Å². The van der Waals surface area contributed by atoms with Crippen molar-refractivity contribution >= 4 is 27.3 Å². The molecule has 0 saturated carbocycles. The van der Waals surface area contributed by atoms with Crippen molar-refractivity contribution in [1.82, 2.24) is 5.32 Å². The molecule has 19 heavy (non-hydrogen) atoms. The first-order chi connectivity index (χ1) is 9.29. The van der Waals surface area contributed by atoms with Crippen molar-refractivity contribution in [1.29, 1.82) is 5.26 Å². The number of rotatable bonds is 6. The second kappa shape index (κ2) is 7.44. The molecule has 0 saturated heterocycles. The van der Waals surface area contributed by atoms with Gasteiger partial charge in [0.1, 0.15) is 0 Å². The summed E-state index contributed by atoms with van der Waals surface area (Å²) < 4.78 is 1.17. The van der Waals surface area contributed by atoms with Gasteiger partial charge in [0.05, 0.1) is 15.8 Å². The molecule has 0 fully saturated rings. The first-order valence-electron chi connectivity index (χ1n) is 6.19. The summed E-state index contributed by atoms with van der Waals surface area (Å²) in [6, 6.07) is 16.5. The lowest BCUT2D eigenvalue weighted by molar-refractivity contribution is 0.652. The highest BCUT2D eigenvalue weighted by Crippen LogP contribution is 2.22. The standard InChI is InChI=1S/C15H15BrN2S/c16-15-7-6-14(19-15)8-9-18-11-13(10-17)12-4-2-1-3-5-12/h1-7,13,18H,8-9,11H2. The Morgan fingerprint density at radius 1 is 1.21 bits per heavy atom. The van der Waals surface area contributed by atoms with Crippen LogP contribution < -0.4 is 5.32 Å². The summed E-state index contributed by atoms with van der Waals surface area (Å²) in [4.78, 5) is 1.35. The molecular weight excluding hydrogens is 320 g/mol. The monoisotopic (exact) mass is 334 g/mol. The fourth-order valence-corrected chi connectivity index (χ4v) is 3.35. The van der Waals surface area contributed by atoms with Gasteiger partial charge in [0.15, 0.2) is 0 Å². The summed E-state index contributed by atoms with van der Waals surface area (Å²) in [6.45, 7) is 1.60. The first kappa shape index (κ1) is 14.3. The molecule has 1 unspecified atom stereocenters. The molecule has 1 atom stereocenters. The lowest BCUT2D eigenvalue weighted by Gasteiger charge is -2.10. The van der Waals surface area contributed by atoms with E-state index in [0.717, 1.165) is 18.5 Å². The fourth-order valence-electron chi connectivity index (χ4n) is 1.87. The van der Waals surface area contributed by atoms with Crippen molar-refractivity contribution < 1.29 is 0 Å². The zero-order valence-corrected chi connectivity index (χ0v) is 12.9. The van der Waals surface area contributed by atoms with E-state index in [4.69, 9.17) is 0 Å². The molecule has 0 radical (unpaired) electrons. The van der Waals surface area contributed by atoms with Crippen LogP contribution in [-0.2, 0) is 6.42 Å². The van der Waals surface area contributed by atoms with E-state index in [1.165, 1.54) is 8.66 Å². The van der Waals surface area contributed by atoms with Gasteiger partial charge in [0, 0.05) is 18.0 Å². The van der Waals surface area contributed by atoms with Gasteiger partial charge in [-0.15, -0.1) is 11.3 Å². The smallest absolute Gasteiger partial charge is 0.0837 e. The minimum atomic E-state index is -0.0729. The Kier molecular flexibility index (Phi) is 5.59. The molecule has 2 aromatic rings. The molecule has 0 amide bonds. The van der Waals surface area contributed by atoms with Gasteiger partial charge in [-0.1, -0.05) is 30.3 Å². The zero-order chi connectivity index (χ0) is 13.5. The average molecular weight is 335 g/mol. The SMILES string of the molecule is N#CC(CNCCc1ccc(Br)s1)c1ccccc1. The van der Waals surface area contributed by atoms with E-state index in [1.807, 2.05) is 30.3 Å². The van der Waals surface area contributed by atoms with Crippen LogP contribution in [0.2, 0.25) is 0 Å². The number of thiophene rings is 1. The topological polar surface area (TPSA) is 35.8 Å². The third kappa shape index (κ3) is 4.46. The highest BCUT2D eigenvalue weighted by molar-refractivity contribution is 9.11. The van der Waals surface area contributed by atoms with Crippen LogP contribution in [0.25, 0.3) is 0 Å². The summed E-state index contributed by atoms with van der Waals surface area (Å²) in [6.07, 6.45) is 1.00. The molecule has 0 aliphatic rings. The molecular formula is C15H15BrN2S. The van der Waals surface area contributed by atoms with Gasteiger partial charge in [0.25, 0.3) is 0 Å². The molecule has 2 rings (SSSR count). The molecule has 1 N–H and O–H groups in total. The van der Waals surface area contributed by atoms with E-state index in [-0.39, 0.29) is 5.92 Å². The molecule has 2 nitrogen and oxygen atoms in total. The Labute approximate surface area is 126 Å². The molecule has 0 aliphatic carbocycles. The van der Waals surface area contributed by atoms with Crippen LogP contribution in [0.3, 0.4) is 0 Å². The Morgan fingerprint density at radius 2 is 2.00 bits per heavy atom. The largest absolute Gasteiger partial charge is 0.315 e. The number of nitriles is 1. The Hall–Kier alpha value is -1.15. The molecule has 1 aromatic heterocycles. The number of benzene rings is 1. The first-order valence-corrected chi connectivity index (χ1v) is 7.80. The maximum atomic E-state index is 9.21. The highest BCUT2D eigenvalue weighted by atomic mass is 79.9. The van der Waals surface area contributed by atoms with E-state index < -0.39 is 0 Å². The maximum Gasteiger partial charge on any atom is 0.0837 e. The van der Waals surface area contributed by atoms with Crippen LogP contribution in [0.15, 0.2) is 46.3 Å². The molecule has 4 heteroatoms. The number of hydrogen-bond donors (Lipinski definition) is 1. The van der Waals surface area contributed by atoms with Crippen LogP contribution in [-0.4, -0.2) is 13.1 Å². The molecule has 0 bridgehead atoms. The van der Waals surface area contributed by atoms with Gasteiger partial charge in [-0.3, -0.25) is 0 Å². The summed E-state index contributed by atoms with van der Waals surface area (Å²) in [5, 5.41) is 12.6. The molecule has 0 aliphatic heterocycles. The predicted octanol–water partition coefficient (Wildman–Crippen LogP) is 3.95. The molecule has 98 valence electrons. The van der Waals surface area contributed by atoms with Gasteiger partial charge >= 0.3 is 0 Å². The van der Waals surface area contributed by atoms with Crippen LogP contribution in [0.1, 0.15) is 16.4 Å². The van der Waals surface area contributed by atoms with Gasteiger partial charge in [-0.2, -0.15) is 5.26 Å². The normalized spacial score (nSPS) is 12.0. The van der Waals surface area contributed by atoms with E-state index in [0.29, 0.717) is 6.54 Å². The minimum absolute atomic E-state index is 0.0729. The predicted molar refractivity (Wildman–Crippen MR) is 83.4 cm³/mol. The molecule has 0 spiro atoms. The van der Waals surface area contributed by atoms with E-state index in [2.05, 4.69) is 39.4 Å². The van der Waals surface area contributed by atoms with Gasteiger partial charge in [0.2, 0.25) is 0 Å². The number of nitrogens with zero attached hydrogens (tertiary/aromatic N) is 1. The Bertz CT molecular complexity index is 545. The third-order valence-electron chi connectivity index (χ3n) is 2.88. The van der Waals surface area contributed by atoms with Crippen LogP contribution in [0.5, 0.6) is 0 Å². The summed E-state index contributed by atoms with van der Waals surface area (Å²) >= 11 is 5.22. The lowest BCUT2D eigenvalue weighted by atomic mass is 10.0. The lowest BCUT2D eigenvalue weighted by Crippen LogP contribution is -2.23. The third-order valence-corrected chi connectivity index (χ3v) is 4.57. The van der Waals surface area contributed by atoms with Crippen LogP contribution in [0, 0.1) is 11.3 Å². The highest BCUT2D eigenvalue weighted by Gasteiger charge is 2.09. The van der Waals surface area contributed by atoms with Gasteiger partial charge in [-0.05, 0) is 40.0 Å². The van der Waals surface area contributed by atoms with Crippen LogP contribution >= 0.6 is 27.3 Å². The van der Waals surface area contributed by atoms with Crippen molar-refractivity contribution in [2.75, 3.05) is 13.1 Å². The second-order valence-electron chi connectivity index (χ2n) is 4.25. The van der Waals surface area contributed by atoms with Crippen molar-refractivity contribution in [3.8, 4) is 6.07 Å². The van der Waals surface area contributed by atoms with Crippen LogP contribution in [0.4, 0.5) is 0 Å². The van der Waals surface area contributed by atoms with Crippen molar-refractivity contribution in [3.63, 3.8) is 0 Å². The minimum Gasteiger partial charge on any atom is -0.315 e. The second-order valence-corrected chi connectivity index (χ2v) is 6.80. The summed E-state index contributed by atoms with van der Waals surface area (Å²) in [5.74, 6) is -0.0729. The van der Waals surface area contributed by atoms with Gasteiger partial charge in [-0.25, -0.2) is 0 Å². The van der Waals surface area contributed by atoms with E-state index >= 15 is 0 Å². The number of halogens is 1. The van der Waals surface area contributed by atoms with Crippen molar-refractivity contribution in [2.24, 2.45) is 0 Å². The van der Waals surface area contributed by atoms with E-state index in [9.17, 15) is 5.26 Å². The quantitative estimate of drug-likeness (QED) is 0.812. The summed E-state index contributed by atoms with van der Waals surface area (Å²) in [5.41, 5.74) is 1.08. The van der Waals surface area contributed by atoms with Crippen molar-refractivity contribution in [3.05, 3.63) is 56.7 Å². The number of hydrogen-bond acceptors (Lipinski definition) is 3. The van der Waals surface area contributed by atoms with Gasteiger partial charge < -0.3 is 5.32 Å². The number of nitrogens with one attached hydrogen (secondary N) is 1. The fraction of sp³-hybridized carbons (Fsp3) is 0.267.